The van der Waals surface area contributed by atoms with Crippen LogP contribution in [0.5, 0.6) is 5.75 Å². The highest BCUT2D eigenvalue weighted by molar-refractivity contribution is 5.75. The minimum absolute atomic E-state index is 0.100. The highest BCUT2D eigenvalue weighted by Gasteiger charge is 2.08. The van der Waals surface area contributed by atoms with E-state index in [9.17, 15) is 4.79 Å². The van der Waals surface area contributed by atoms with E-state index in [2.05, 4.69) is 12.2 Å². The van der Waals surface area contributed by atoms with Gasteiger partial charge in [-0.15, -0.1) is 0 Å². The molecule has 0 bridgehead atoms. The smallest absolute Gasteiger partial charge is 0.220 e. The van der Waals surface area contributed by atoms with Gasteiger partial charge in [-0.2, -0.15) is 0 Å². The molecule has 0 saturated heterocycles. The average Bonchev–Trinajstić information content (AvgIpc) is 2.49. The molecule has 0 saturated carbocycles. The summed E-state index contributed by atoms with van der Waals surface area (Å²) in [5.41, 5.74) is 6.61. The molecule has 0 aromatic heterocycles. The molecule has 1 atom stereocenters. The van der Waals surface area contributed by atoms with E-state index in [4.69, 9.17) is 10.5 Å². The van der Waals surface area contributed by atoms with Crippen molar-refractivity contribution < 1.29 is 9.53 Å². The summed E-state index contributed by atoms with van der Waals surface area (Å²) >= 11 is 0. The first kappa shape index (κ1) is 16.5. The van der Waals surface area contributed by atoms with E-state index in [1.807, 2.05) is 24.3 Å². The quantitative estimate of drug-likeness (QED) is 0.729. The van der Waals surface area contributed by atoms with Gasteiger partial charge < -0.3 is 15.8 Å². The van der Waals surface area contributed by atoms with Crippen LogP contribution >= 0.6 is 0 Å². The molecule has 112 valence electrons. The minimum Gasteiger partial charge on any atom is -0.497 e. The number of nitrogens with two attached hydrogens (primary N) is 1. The number of carbonyl (C=O) groups is 1. The molecule has 1 amide bonds. The largest absolute Gasteiger partial charge is 0.497 e. The molecule has 1 rings (SSSR count). The molecule has 0 aliphatic carbocycles. The van der Waals surface area contributed by atoms with Crippen LogP contribution in [0.3, 0.4) is 0 Å². The number of methoxy groups -OCH3 is 1. The number of nitrogens with one attached hydrogen (secondary N) is 1. The maximum Gasteiger partial charge on any atom is 0.220 e. The lowest BCUT2D eigenvalue weighted by Gasteiger charge is -2.13. The fourth-order valence-electron chi connectivity index (χ4n) is 2.19. The number of carbonyl (C=O) groups excluding carboxylic acids is 1. The first-order chi connectivity index (χ1) is 9.69. The molecule has 0 fully saturated rings. The molecule has 0 aliphatic heterocycles. The van der Waals surface area contributed by atoms with E-state index in [1.165, 1.54) is 0 Å². The second kappa shape index (κ2) is 9.37. The van der Waals surface area contributed by atoms with Gasteiger partial charge in [-0.05, 0) is 43.0 Å². The Kier molecular flexibility index (Phi) is 7.73. The van der Waals surface area contributed by atoms with Gasteiger partial charge in [-0.1, -0.05) is 25.5 Å². The number of amides is 1. The maximum absolute atomic E-state index is 11.8. The zero-order valence-corrected chi connectivity index (χ0v) is 12.5. The number of ether oxygens (including phenoxy) is 1. The van der Waals surface area contributed by atoms with Gasteiger partial charge in [0.2, 0.25) is 5.91 Å². The molecule has 3 N–H and O–H groups in total. The molecule has 1 aromatic rings. The standard InChI is InChI=1S/C16H26N2O2/c1-3-13(9-10-17)7-8-16(19)18-12-14-5-4-6-15(11-14)20-2/h4-6,11,13H,3,7-10,12,17H2,1-2H3,(H,18,19). The van der Waals surface area contributed by atoms with Crippen LogP contribution in [0.25, 0.3) is 0 Å². The molecule has 4 heteroatoms. The van der Waals surface area contributed by atoms with Crippen LogP contribution in [-0.4, -0.2) is 19.6 Å². The topological polar surface area (TPSA) is 64.4 Å². The Morgan fingerprint density at radius 2 is 2.20 bits per heavy atom. The Balaban J connectivity index is 2.32. The highest BCUT2D eigenvalue weighted by atomic mass is 16.5. The van der Waals surface area contributed by atoms with Gasteiger partial charge in [-0.3, -0.25) is 4.79 Å². The molecular weight excluding hydrogens is 252 g/mol. The van der Waals surface area contributed by atoms with Gasteiger partial charge in [0.25, 0.3) is 0 Å². The van der Waals surface area contributed by atoms with Crippen molar-refractivity contribution in [3.05, 3.63) is 29.8 Å². The third-order valence-corrected chi connectivity index (χ3v) is 3.56. The van der Waals surface area contributed by atoms with Gasteiger partial charge in [0.15, 0.2) is 0 Å². The van der Waals surface area contributed by atoms with Gasteiger partial charge in [0.05, 0.1) is 7.11 Å². The zero-order chi connectivity index (χ0) is 14.8. The van der Waals surface area contributed by atoms with E-state index < -0.39 is 0 Å². The van der Waals surface area contributed by atoms with Crippen molar-refractivity contribution in [3.8, 4) is 5.75 Å². The normalized spacial score (nSPS) is 11.9. The molecule has 20 heavy (non-hydrogen) atoms. The van der Waals surface area contributed by atoms with Crippen LogP contribution < -0.4 is 15.8 Å². The summed E-state index contributed by atoms with van der Waals surface area (Å²) in [6, 6.07) is 7.73. The Labute approximate surface area is 121 Å². The van der Waals surface area contributed by atoms with E-state index in [0.717, 1.165) is 30.6 Å². The first-order valence-electron chi connectivity index (χ1n) is 7.29. The number of hydrogen-bond donors (Lipinski definition) is 2. The SMILES string of the molecule is CCC(CCN)CCC(=O)NCc1cccc(OC)c1. The van der Waals surface area contributed by atoms with Gasteiger partial charge >= 0.3 is 0 Å². The van der Waals surface area contributed by atoms with Crippen LogP contribution in [0.15, 0.2) is 24.3 Å². The monoisotopic (exact) mass is 278 g/mol. The first-order valence-corrected chi connectivity index (χ1v) is 7.29. The minimum atomic E-state index is 0.100. The number of benzene rings is 1. The molecule has 0 heterocycles. The zero-order valence-electron chi connectivity index (χ0n) is 12.5. The fourth-order valence-corrected chi connectivity index (χ4v) is 2.19. The molecule has 1 aromatic carbocycles. The Morgan fingerprint density at radius 3 is 2.85 bits per heavy atom. The Bertz CT molecular complexity index is 407. The summed E-state index contributed by atoms with van der Waals surface area (Å²) in [5, 5.41) is 2.95. The molecule has 0 aliphatic rings. The summed E-state index contributed by atoms with van der Waals surface area (Å²) in [6.45, 7) is 3.39. The van der Waals surface area contributed by atoms with Gasteiger partial charge in [-0.25, -0.2) is 0 Å². The summed E-state index contributed by atoms with van der Waals surface area (Å²) in [5.74, 6) is 1.47. The summed E-state index contributed by atoms with van der Waals surface area (Å²) in [7, 11) is 1.64. The van der Waals surface area contributed by atoms with Crippen molar-refractivity contribution in [2.75, 3.05) is 13.7 Å². The van der Waals surface area contributed by atoms with Crippen molar-refractivity contribution >= 4 is 5.91 Å². The lowest BCUT2D eigenvalue weighted by molar-refractivity contribution is -0.121. The van der Waals surface area contributed by atoms with E-state index in [0.29, 0.717) is 25.4 Å². The second-order valence-corrected chi connectivity index (χ2v) is 5.02. The molecule has 0 radical (unpaired) electrons. The Morgan fingerprint density at radius 1 is 1.40 bits per heavy atom. The third kappa shape index (κ3) is 6.06. The van der Waals surface area contributed by atoms with Gasteiger partial charge in [0, 0.05) is 13.0 Å². The summed E-state index contributed by atoms with van der Waals surface area (Å²) in [4.78, 5) is 11.8. The van der Waals surface area contributed by atoms with Crippen molar-refractivity contribution in [1.29, 1.82) is 0 Å². The van der Waals surface area contributed by atoms with Crippen molar-refractivity contribution in [2.24, 2.45) is 11.7 Å². The molecule has 1 unspecified atom stereocenters. The molecule has 4 nitrogen and oxygen atoms in total. The van der Waals surface area contributed by atoms with Crippen molar-refractivity contribution in [2.45, 2.75) is 39.2 Å². The van der Waals surface area contributed by atoms with E-state index in [-0.39, 0.29) is 5.91 Å². The van der Waals surface area contributed by atoms with Crippen LogP contribution in [0.1, 0.15) is 38.2 Å². The fraction of sp³-hybridized carbons (Fsp3) is 0.562. The number of hydrogen-bond acceptors (Lipinski definition) is 3. The van der Waals surface area contributed by atoms with Crippen molar-refractivity contribution in [3.63, 3.8) is 0 Å². The molecular formula is C16H26N2O2. The predicted octanol–water partition coefficient (Wildman–Crippen LogP) is 2.47. The van der Waals surface area contributed by atoms with Gasteiger partial charge in [0.1, 0.15) is 5.75 Å². The van der Waals surface area contributed by atoms with E-state index >= 15 is 0 Å². The second-order valence-electron chi connectivity index (χ2n) is 5.02. The molecule has 0 spiro atoms. The predicted molar refractivity (Wildman–Crippen MR) is 81.5 cm³/mol. The van der Waals surface area contributed by atoms with Crippen molar-refractivity contribution in [1.82, 2.24) is 5.32 Å². The average molecular weight is 278 g/mol. The van der Waals surface area contributed by atoms with E-state index in [1.54, 1.807) is 7.11 Å². The number of rotatable bonds is 9. The Hall–Kier alpha value is -1.55. The summed E-state index contributed by atoms with van der Waals surface area (Å²) in [6.07, 6.45) is 3.57. The van der Waals surface area contributed by atoms with Crippen LogP contribution in [0.2, 0.25) is 0 Å². The lowest BCUT2D eigenvalue weighted by Crippen LogP contribution is -2.23. The van der Waals surface area contributed by atoms with Crippen LogP contribution in [-0.2, 0) is 11.3 Å². The maximum atomic E-state index is 11.8. The van der Waals surface area contributed by atoms with Crippen LogP contribution in [0.4, 0.5) is 0 Å². The van der Waals surface area contributed by atoms with Crippen LogP contribution in [0, 0.1) is 5.92 Å². The summed E-state index contributed by atoms with van der Waals surface area (Å²) < 4.78 is 5.16. The highest BCUT2D eigenvalue weighted by Crippen LogP contribution is 2.15. The lowest BCUT2D eigenvalue weighted by atomic mass is 9.96. The third-order valence-electron chi connectivity index (χ3n) is 3.56.